The first-order valence-electron chi connectivity index (χ1n) is 6.52. The molecule has 20 heavy (non-hydrogen) atoms. The Bertz CT molecular complexity index is 488. The minimum atomic E-state index is -4.55. The number of carbonyl (C=O) groups excluding carboxylic acids is 1. The number of hydrogen-bond acceptors (Lipinski definition) is 2. The fourth-order valence-electron chi connectivity index (χ4n) is 2.50. The molecule has 0 saturated heterocycles. The lowest BCUT2D eigenvalue weighted by molar-refractivity contribution is -0.137. The number of benzene rings is 1. The Balaban J connectivity index is 2.06. The van der Waals surface area contributed by atoms with Crippen LogP contribution in [0, 0.1) is 5.92 Å². The van der Waals surface area contributed by atoms with E-state index in [0.29, 0.717) is 6.42 Å². The third kappa shape index (κ3) is 3.30. The summed E-state index contributed by atoms with van der Waals surface area (Å²) >= 11 is 0. The van der Waals surface area contributed by atoms with Gasteiger partial charge in [-0.2, -0.15) is 13.2 Å². The highest BCUT2D eigenvalue weighted by atomic mass is 19.4. The molecule has 6 heteroatoms. The lowest BCUT2D eigenvalue weighted by Crippen LogP contribution is -2.33. The number of aliphatic hydroxyl groups is 1. The van der Waals surface area contributed by atoms with Crippen molar-refractivity contribution in [3.8, 4) is 0 Å². The van der Waals surface area contributed by atoms with Gasteiger partial charge in [-0.1, -0.05) is 18.6 Å². The summed E-state index contributed by atoms with van der Waals surface area (Å²) in [6.45, 7) is 0.201. The van der Waals surface area contributed by atoms with Crippen LogP contribution in [-0.4, -0.2) is 23.7 Å². The first-order valence-corrected chi connectivity index (χ1v) is 6.52. The van der Waals surface area contributed by atoms with Crippen molar-refractivity contribution in [3.63, 3.8) is 0 Å². The average molecular weight is 287 g/mol. The molecule has 0 spiro atoms. The number of halogens is 3. The highest BCUT2D eigenvalue weighted by molar-refractivity contribution is 5.95. The van der Waals surface area contributed by atoms with E-state index in [1.165, 1.54) is 12.1 Å². The maximum absolute atomic E-state index is 12.8. The molecule has 1 fully saturated rings. The molecule has 110 valence electrons. The zero-order chi connectivity index (χ0) is 14.8. The van der Waals surface area contributed by atoms with E-state index < -0.39 is 23.8 Å². The predicted octanol–water partition coefficient (Wildman–Crippen LogP) is 2.60. The summed E-state index contributed by atoms with van der Waals surface area (Å²) < 4.78 is 38.4. The maximum atomic E-state index is 12.8. The van der Waals surface area contributed by atoms with Crippen molar-refractivity contribution < 1.29 is 23.1 Å². The van der Waals surface area contributed by atoms with Gasteiger partial charge in [0, 0.05) is 12.5 Å². The highest BCUT2D eigenvalue weighted by Crippen LogP contribution is 2.32. The number of rotatable bonds is 3. The van der Waals surface area contributed by atoms with Gasteiger partial charge in [0.2, 0.25) is 0 Å². The second kappa shape index (κ2) is 5.83. The van der Waals surface area contributed by atoms with Crippen LogP contribution < -0.4 is 5.32 Å². The standard InChI is InChI=1S/C14H16F3NO2/c15-14(16,17)11-6-2-1-5-10(11)13(20)18-8-9-4-3-7-12(9)19/h1-2,5-6,9,12,19H,3-4,7-8H2,(H,18,20). The number of carbonyl (C=O) groups is 1. The van der Waals surface area contributed by atoms with Crippen LogP contribution >= 0.6 is 0 Å². The zero-order valence-electron chi connectivity index (χ0n) is 10.8. The minimum Gasteiger partial charge on any atom is -0.393 e. The summed E-state index contributed by atoms with van der Waals surface area (Å²) in [6.07, 6.45) is -2.70. The Morgan fingerprint density at radius 2 is 2.00 bits per heavy atom. The summed E-state index contributed by atoms with van der Waals surface area (Å²) in [5.41, 5.74) is -1.32. The van der Waals surface area contributed by atoms with Crippen molar-refractivity contribution in [2.75, 3.05) is 6.54 Å². The third-order valence-corrected chi connectivity index (χ3v) is 3.62. The van der Waals surface area contributed by atoms with Crippen molar-refractivity contribution >= 4 is 5.91 Å². The highest BCUT2D eigenvalue weighted by Gasteiger charge is 2.35. The smallest absolute Gasteiger partial charge is 0.393 e. The summed E-state index contributed by atoms with van der Waals surface area (Å²) in [4.78, 5) is 11.9. The topological polar surface area (TPSA) is 49.3 Å². The molecule has 1 aromatic carbocycles. The van der Waals surface area contributed by atoms with E-state index in [9.17, 15) is 23.1 Å². The average Bonchev–Trinajstić information content (AvgIpc) is 2.80. The summed E-state index contributed by atoms with van der Waals surface area (Å²) in [5.74, 6) is -0.825. The van der Waals surface area contributed by atoms with Crippen LogP contribution in [0.25, 0.3) is 0 Å². The first kappa shape index (κ1) is 14.8. The SMILES string of the molecule is O=C(NCC1CCCC1O)c1ccccc1C(F)(F)F. The molecule has 1 amide bonds. The van der Waals surface area contributed by atoms with Crippen LogP contribution in [0.15, 0.2) is 24.3 Å². The van der Waals surface area contributed by atoms with Crippen LogP contribution in [-0.2, 0) is 6.18 Å². The van der Waals surface area contributed by atoms with Gasteiger partial charge in [0.05, 0.1) is 17.2 Å². The summed E-state index contributed by atoms with van der Waals surface area (Å²) in [5, 5.41) is 12.1. The Kier molecular flexibility index (Phi) is 4.32. The fourth-order valence-corrected chi connectivity index (χ4v) is 2.50. The molecule has 2 unspecified atom stereocenters. The molecule has 2 N–H and O–H groups in total. The molecule has 2 atom stereocenters. The number of nitrogens with one attached hydrogen (secondary N) is 1. The molecule has 3 nitrogen and oxygen atoms in total. The normalized spacial score (nSPS) is 22.8. The number of alkyl halides is 3. The Hall–Kier alpha value is -1.56. The first-order chi connectivity index (χ1) is 9.39. The summed E-state index contributed by atoms with van der Waals surface area (Å²) in [7, 11) is 0. The van der Waals surface area contributed by atoms with E-state index in [4.69, 9.17) is 0 Å². The molecular weight excluding hydrogens is 271 g/mol. The van der Waals surface area contributed by atoms with Gasteiger partial charge in [0.25, 0.3) is 5.91 Å². The van der Waals surface area contributed by atoms with Crippen molar-refractivity contribution in [1.29, 1.82) is 0 Å². The van der Waals surface area contributed by atoms with Crippen LogP contribution in [0.2, 0.25) is 0 Å². The van der Waals surface area contributed by atoms with Gasteiger partial charge in [-0.05, 0) is 25.0 Å². The maximum Gasteiger partial charge on any atom is 0.417 e. The van der Waals surface area contributed by atoms with Gasteiger partial charge in [-0.3, -0.25) is 4.79 Å². The second-order valence-corrected chi connectivity index (χ2v) is 5.01. The van der Waals surface area contributed by atoms with E-state index in [1.807, 2.05) is 0 Å². The minimum absolute atomic E-state index is 0.0722. The fraction of sp³-hybridized carbons (Fsp3) is 0.500. The van der Waals surface area contributed by atoms with Crippen LogP contribution in [0.5, 0.6) is 0 Å². The van der Waals surface area contributed by atoms with E-state index in [1.54, 1.807) is 0 Å². The molecule has 0 aliphatic heterocycles. The molecule has 0 heterocycles. The Morgan fingerprint density at radius 1 is 1.30 bits per heavy atom. The van der Waals surface area contributed by atoms with Gasteiger partial charge in [0.1, 0.15) is 0 Å². The molecule has 0 radical (unpaired) electrons. The number of hydrogen-bond donors (Lipinski definition) is 2. The van der Waals surface area contributed by atoms with Gasteiger partial charge in [-0.15, -0.1) is 0 Å². The second-order valence-electron chi connectivity index (χ2n) is 5.01. The monoisotopic (exact) mass is 287 g/mol. The molecular formula is C14H16F3NO2. The van der Waals surface area contributed by atoms with Gasteiger partial charge in [0.15, 0.2) is 0 Å². The molecule has 1 aromatic rings. The number of amides is 1. The Labute approximate surface area is 114 Å². The lowest BCUT2D eigenvalue weighted by atomic mass is 10.0. The van der Waals surface area contributed by atoms with Crippen molar-refractivity contribution in [3.05, 3.63) is 35.4 Å². The van der Waals surface area contributed by atoms with Crippen LogP contribution in [0.4, 0.5) is 13.2 Å². The van der Waals surface area contributed by atoms with Crippen molar-refractivity contribution in [2.24, 2.45) is 5.92 Å². The predicted molar refractivity (Wildman–Crippen MR) is 67.1 cm³/mol. The van der Waals surface area contributed by atoms with Gasteiger partial charge in [-0.25, -0.2) is 0 Å². The molecule has 2 rings (SSSR count). The quantitative estimate of drug-likeness (QED) is 0.897. The third-order valence-electron chi connectivity index (χ3n) is 3.62. The molecule has 0 aromatic heterocycles. The molecule has 1 aliphatic rings. The Morgan fingerprint density at radius 3 is 2.60 bits per heavy atom. The van der Waals surface area contributed by atoms with Crippen molar-refractivity contribution in [1.82, 2.24) is 5.32 Å². The zero-order valence-corrected chi connectivity index (χ0v) is 10.8. The van der Waals surface area contributed by atoms with Crippen LogP contribution in [0.1, 0.15) is 35.2 Å². The van der Waals surface area contributed by atoms with E-state index in [2.05, 4.69) is 5.32 Å². The molecule has 0 bridgehead atoms. The van der Waals surface area contributed by atoms with E-state index >= 15 is 0 Å². The van der Waals surface area contributed by atoms with Gasteiger partial charge >= 0.3 is 6.18 Å². The van der Waals surface area contributed by atoms with Crippen LogP contribution in [0.3, 0.4) is 0 Å². The van der Waals surface area contributed by atoms with E-state index in [0.717, 1.165) is 25.0 Å². The number of aliphatic hydroxyl groups excluding tert-OH is 1. The van der Waals surface area contributed by atoms with Crippen molar-refractivity contribution in [2.45, 2.75) is 31.5 Å². The largest absolute Gasteiger partial charge is 0.417 e. The molecule has 1 saturated carbocycles. The molecule has 1 aliphatic carbocycles. The van der Waals surface area contributed by atoms with E-state index in [-0.39, 0.29) is 18.0 Å². The van der Waals surface area contributed by atoms with Gasteiger partial charge < -0.3 is 10.4 Å². The summed E-state index contributed by atoms with van der Waals surface area (Å²) in [6, 6.07) is 4.69. The lowest BCUT2D eigenvalue weighted by Gasteiger charge is -2.16.